The van der Waals surface area contributed by atoms with Crippen LogP contribution in [0.2, 0.25) is 0 Å². The molecule has 0 N–H and O–H groups in total. The molecule has 1 nitrogen and oxygen atoms in total. The lowest BCUT2D eigenvalue weighted by molar-refractivity contribution is 1.29. The Hall–Kier alpha value is -7.52. The summed E-state index contributed by atoms with van der Waals surface area (Å²) in [7, 11) is 0. The third-order valence-corrected chi connectivity index (χ3v) is 12.7. The highest BCUT2D eigenvalue weighted by Gasteiger charge is 2.18. The second kappa shape index (κ2) is 15.3. The molecule has 11 rings (SSSR count). The standard InChI is InChI=1S/C58H39NS/c1-5-15-43(16-6-1)57-52-24-14-13-23-49(52)54-38-45(32-35-53(54)58(57)44-17-7-2-8-18-44)42-30-27-40(28-31-42)25-26-41-29-34-50-51-36-33-48(39-56(51)60-55(50)37-41)59(46-19-9-3-10-20-46)47-21-11-4-12-22-47/h1-39H/b26-25+. The zero-order valence-corrected chi connectivity index (χ0v) is 33.7. The van der Waals surface area contributed by atoms with Crippen molar-refractivity contribution >= 4 is 82.3 Å². The molecular formula is C58H39NS. The number of benzene rings is 10. The molecule has 0 aliphatic heterocycles. The minimum atomic E-state index is 1.14. The maximum absolute atomic E-state index is 2.38. The van der Waals surface area contributed by atoms with Gasteiger partial charge in [-0.05, 0) is 115 Å². The quantitative estimate of drug-likeness (QED) is 0.110. The van der Waals surface area contributed by atoms with E-state index in [1.165, 1.54) is 86.2 Å². The summed E-state index contributed by atoms with van der Waals surface area (Å²) in [5.41, 5.74) is 13.2. The van der Waals surface area contributed by atoms with Crippen molar-refractivity contribution in [3.63, 3.8) is 0 Å². The average molecular weight is 782 g/mol. The van der Waals surface area contributed by atoms with Crippen LogP contribution < -0.4 is 4.90 Å². The van der Waals surface area contributed by atoms with E-state index in [0.717, 1.165) is 17.1 Å². The van der Waals surface area contributed by atoms with Gasteiger partial charge in [0.1, 0.15) is 0 Å². The maximum Gasteiger partial charge on any atom is 0.0476 e. The van der Waals surface area contributed by atoms with Crippen molar-refractivity contribution in [1.82, 2.24) is 0 Å². The molecule has 0 saturated heterocycles. The van der Waals surface area contributed by atoms with Crippen LogP contribution in [0.25, 0.3) is 87.2 Å². The predicted molar refractivity (Wildman–Crippen MR) is 261 cm³/mol. The monoisotopic (exact) mass is 781 g/mol. The molecular weight excluding hydrogens is 743 g/mol. The lowest BCUT2D eigenvalue weighted by Crippen LogP contribution is -2.09. The fraction of sp³-hybridized carbons (Fsp3) is 0. The van der Waals surface area contributed by atoms with E-state index in [1.54, 1.807) is 0 Å². The van der Waals surface area contributed by atoms with E-state index >= 15 is 0 Å². The smallest absolute Gasteiger partial charge is 0.0476 e. The number of fused-ring (bicyclic) bond motifs is 6. The topological polar surface area (TPSA) is 3.24 Å². The number of nitrogens with zero attached hydrogens (tertiary/aromatic N) is 1. The summed E-state index contributed by atoms with van der Waals surface area (Å²) >= 11 is 1.86. The van der Waals surface area contributed by atoms with Gasteiger partial charge in [0, 0.05) is 37.2 Å². The molecule has 0 spiro atoms. The molecule has 11 aromatic rings. The summed E-state index contributed by atoms with van der Waals surface area (Å²) in [4.78, 5) is 2.33. The van der Waals surface area contributed by atoms with E-state index < -0.39 is 0 Å². The van der Waals surface area contributed by atoms with E-state index in [-0.39, 0.29) is 0 Å². The Kier molecular flexibility index (Phi) is 9.11. The average Bonchev–Trinajstić information content (AvgIpc) is 3.69. The first-order valence-electron chi connectivity index (χ1n) is 20.5. The number of rotatable bonds is 8. The van der Waals surface area contributed by atoms with Crippen LogP contribution in [0.1, 0.15) is 11.1 Å². The molecule has 0 unspecified atom stereocenters. The molecule has 0 radical (unpaired) electrons. The number of hydrogen-bond acceptors (Lipinski definition) is 2. The molecule has 2 heteroatoms. The molecule has 282 valence electrons. The molecule has 0 aliphatic carbocycles. The highest BCUT2D eigenvalue weighted by Crippen LogP contribution is 2.46. The van der Waals surface area contributed by atoms with Crippen LogP contribution in [0.3, 0.4) is 0 Å². The fourth-order valence-corrected chi connectivity index (χ4v) is 9.97. The Morgan fingerprint density at radius 2 is 0.750 bits per heavy atom. The van der Waals surface area contributed by atoms with Crippen LogP contribution in [0.5, 0.6) is 0 Å². The third-order valence-electron chi connectivity index (χ3n) is 11.6. The lowest BCUT2D eigenvalue weighted by Gasteiger charge is -2.25. The largest absolute Gasteiger partial charge is 0.310 e. The first kappa shape index (κ1) is 35.6. The van der Waals surface area contributed by atoms with E-state index in [0.29, 0.717) is 0 Å². The van der Waals surface area contributed by atoms with Crippen LogP contribution in [-0.4, -0.2) is 0 Å². The van der Waals surface area contributed by atoms with Gasteiger partial charge in [-0.15, -0.1) is 11.3 Å². The molecule has 0 aliphatic rings. The molecule has 1 heterocycles. The first-order valence-corrected chi connectivity index (χ1v) is 21.3. The Balaban J connectivity index is 0.904. The normalized spacial score (nSPS) is 11.6. The summed E-state index contributed by atoms with van der Waals surface area (Å²) < 4.78 is 2.58. The SMILES string of the molecule is C(=C\c1ccc2c(c1)sc1cc(N(c3ccccc3)c3ccccc3)ccc12)/c1ccc(-c2ccc3c(-c4ccccc4)c(-c4ccccc4)c4ccccc4c3c2)cc1. The molecule has 1 aromatic heterocycles. The summed E-state index contributed by atoms with van der Waals surface area (Å²) in [6.07, 6.45) is 4.45. The van der Waals surface area contributed by atoms with Gasteiger partial charge in [0.15, 0.2) is 0 Å². The van der Waals surface area contributed by atoms with Crippen molar-refractivity contribution in [3.8, 4) is 33.4 Å². The second-order valence-electron chi connectivity index (χ2n) is 15.3. The highest BCUT2D eigenvalue weighted by atomic mass is 32.1. The number of para-hydroxylation sites is 2. The maximum atomic E-state index is 2.38. The minimum Gasteiger partial charge on any atom is -0.310 e. The van der Waals surface area contributed by atoms with Gasteiger partial charge in [-0.25, -0.2) is 0 Å². The van der Waals surface area contributed by atoms with Crippen molar-refractivity contribution in [2.45, 2.75) is 0 Å². The fourth-order valence-electron chi connectivity index (χ4n) is 8.78. The van der Waals surface area contributed by atoms with Gasteiger partial charge in [0.25, 0.3) is 0 Å². The molecule has 0 atom stereocenters. The van der Waals surface area contributed by atoms with E-state index in [1.807, 2.05) is 11.3 Å². The minimum absolute atomic E-state index is 1.14. The predicted octanol–water partition coefficient (Wildman–Crippen LogP) is 17.0. The summed E-state index contributed by atoms with van der Waals surface area (Å²) in [6, 6.07) is 81.4. The van der Waals surface area contributed by atoms with E-state index in [9.17, 15) is 0 Å². The Labute approximate surface area is 354 Å². The highest BCUT2D eigenvalue weighted by molar-refractivity contribution is 7.25. The zero-order chi connectivity index (χ0) is 39.8. The van der Waals surface area contributed by atoms with Crippen LogP contribution in [0.15, 0.2) is 224 Å². The van der Waals surface area contributed by atoms with Gasteiger partial charge in [-0.2, -0.15) is 0 Å². The molecule has 0 saturated carbocycles. The van der Waals surface area contributed by atoms with Crippen LogP contribution in [-0.2, 0) is 0 Å². The Morgan fingerprint density at radius 3 is 1.38 bits per heavy atom. The molecule has 0 amide bonds. The van der Waals surface area contributed by atoms with Crippen LogP contribution >= 0.6 is 11.3 Å². The zero-order valence-electron chi connectivity index (χ0n) is 32.9. The second-order valence-corrected chi connectivity index (χ2v) is 16.4. The van der Waals surface area contributed by atoms with Gasteiger partial charge in [-0.1, -0.05) is 188 Å². The Morgan fingerprint density at radius 1 is 0.283 bits per heavy atom. The summed E-state index contributed by atoms with van der Waals surface area (Å²) in [5.74, 6) is 0. The van der Waals surface area contributed by atoms with Crippen molar-refractivity contribution in [3.05, 3.63) is 236 Å². The van der Waals surface area contributed by atoms with Crippen molar-refractivity contribution in [1.29, 1.82) is 0 Å². The van der Waals surface area contributed by atoms with E-state index in [4.69, 9.17) is 0 Å². The van der Waals surface area contributed by atoms with Crippen LogP contribution in [0.4, 0.5) is 17.1 Å². The van der Waals surface area contributed by atoms with Gasteiger partial charge in [0.2, 0.25) is 0 Å². The number of thiophene rings is 1. The summed E-state index contributed by atoms with van der Waals surface area (Å²) in [5, 5.41) is 7.65. The number of anilines is 3. The van der Waals surface area contributed by atoms with Crippen molar-refractivity contribution < 1.29 is 0 Å². The Bertz CT molecular complexity index is 3290. The molecule has 10 aromatic carbocycles. The van der Waals surface area contributed by atoms with Gasteiger partial charge < -0.3 is 4.90 Å². The van der Waals surface area contributed by atoms with Gasteiger partial charge >= 0.3 is 0 Å². The lowest BCUT2D eigenvalue weighted by atomic mass is 9.84. The van der Waals surface area contributed by atoms with Crippen molar-refractivity contribution in [2.24, 2.45) is 0 Å². The molecule has 0 fully saturated rings. The molecule has 0 bridgehead atoms. The third kappa shape index (κ3) is 6.54. The van der Waals surface area contributed by atoms with Crippen molar-refractivity contribution in [2.75, 3.05) is 4.90 Å². The number of hydrogen-bond donors (Lipinski definition) is 0. The molecule has 60 heavy (non-hydrogen) atoms. The van der Waals surface area contributed by atoms with E-state index in [2.05, 4.69) is 242 Å². The van der Waals surface area contributed by atoms with Gasteiger partial charge in [0.05, 0.1) is 0 Å². The summed E-state index contributed by atoms with van der Waals surface area (Å²) in [6.45, 7) is 0. The first-order chi connectivity index (χ1) is 29.7. The van der Waals surface area contributed by atoms with Crippen LogP contribution in [0, 0.1) is 0 Å². The van der Waals surface area contributed by atoms with Gasteiger partial charge in [-0.3, -0.25) is 0 Å².